The van der Waals surface area contributed by atoms with Gasteiger partial charge in [-0.05, 0) is 47.5 Å². The van der Waals surface area contributed by atoms with Crippen LogP contribution in [0, 0.1) is 28.6 Å². The number of hydrogen-bond donors (Lipinski definition) is 3. The second kappa shape index (κ2) is 7.01. The molecule has 0 aromatic rings. The first-order valence-electron chi connectivity index (χ1n) is 9.56. The standard InChI is InChI=1S/C20H29Cl2NO4/c1-9-11(6-14(25)10-5-16(26)23-18(10)27)20(4)8-12(21)17(22)19(2,3)15(20)7-13(9)24/h10-15,17,24-25H,1,5-8H2,2-4H3,(H,23,26,27)/t10-,11?,12-,13+,14+,15+,17+,20-/m1/s1. The van der Waals surface area contributed by atoms with Gasteiger partial charge in [0.25, 0.3) is 0 Å². The van der Waals surface area contributed by atoms with Crippen LogP contribution in [0.2, 0.25) is 0 Å². The van der Waals surface area contributed by atoms with Gasteiger partial charge in [0.05, 0.1) is 28.9 Å². The number of halogens is 2. The highest BCUT2D eigenvalue weighted by Crippen LogP contribution is 2.63. The molecule has 1 heterocycles. The number of alkyl halides is 2. The number of carbonyl (C=O) groups excluding carboxylic acids is 2. The van der Waals surface area contributed by atoms with Crippen molar-refractivity contribution in [1.29, 1.82) is 0 Å². The van der Waals surface area contributed by atoms with Gasteiger partial charge < -0.3 is 10.2 Å². The predicted octanol–water partition coefficient (Wildman–Crippen LogP) is 2.60. The van der Waals surface area contributed by atoms with Crippen LogP contribution in [0.1, 0.15) is 46.5 Å². The fourth-order valence-electron chi connectivity index (χ4n) is 5.87. The molecule has 0 spiro atoms. The molecule has 7 heteroatoms. The van der Waals surface area contributed by atoms with Gasteiger partial charge in [-0.1, -0.05) is 27.4 Å². The van der Waals surface area contributed by atoms with Gasteiger partial charge in [-0.25, -0.2) is 0 Å². The average molecular weight is 418 g/mol. The van der Waals surface area contributed by atoms with Crippen molar-refractivity contribution in [3.63, 3.8) is 0 Å². The minimum atomic E-state index is -0.980. The molecule has 1 unspecified atom stereocenters. The molecule has 2 aliphatic carbocycles. The molecule has 152 valence electrons. The zero-order valence-corrected chi connectivity index (χ0v) is 17.6. The number of aliphatic hydroxyl groups excluding tert-OH is 2. The van der Waals surface area contributed by atoms with E-state index in [0.29, 0.717) is 18.4 Å². The Morgan fingerprint density at radius 1 is 1.30 bits per heavy atom. The zero-order valence-electron chi connectivity index (χ0n) is 16.0. The van der Waals surface area contributed by atoms with Crippen LogP contribution < -0.4 is 5.32 Å². The molecule has 27 heavy (non-hydrogen) atoms. The van der Waals surface area contributed by atoms with E-state index in [9.17, 15) is 19.8 Å². The van der Waals surface area contributed by atoms with Crippen LogP contribution in [0.3, 0.4) is 0 Å². The molecule has 3 aliphatic rings. The lowest BCUT2D eigenvalue weighted by molar-refractivity contribution is -0.128. The van der Waals surface area contributed by atoms with Crippen molar-refractivity contribution in [2.45, 2.75) is 69.4 Å². The van der Waals surface area contributed by atoms with Crippen molar-refractivity contribution >= 4 is 35.0 Å². The van der Waals surface area contributed by atoms with E-state index in [2.05, 4.69) is 32.7 Å². The highest BCUT2D eigenvalue weighted by molar-refractivity contribution is 6.30. The SMILES string of the molecule is C=C1C(C[C@H](O)[C@H]2CC(=O)NC2=O)[C@@]2(C)C[C@@H](Cl)[C@H](Cl)C(C)(C)[C@@H]2C[C@@H]1O. The van der Waals surface area contributed by atoms with Crippen LogP contribution in [0.4, 0.5) is 0 Å². The maximum absolute atomic E-state index is 12.0. The topological polar surface area (TPSA) is 86.6 Å². The van der Waals surface area contributed by atoms with Gasteiger partial charge in [-0.2, -0.15) is 0 Å². The molecule has 1 saturated heterocycles. The number of carbonyl (C=O) groups is 2. The van der Waals surface area contributed by atoms with Crippen molar-refractivity contribution in [3.05, 3.63) is 12.2 Å². The Kier molecular flexibility index (Phi) is 5.48. The first-order chi connectivity index (χ1) is 12.4. The second-order valence-corrected chi connectivity index (χ2v) is 10.4. The summed E-state index contributed by atoms with van der Waals surface area (Å²) in [4.78, 5) is 23.5. The third-order valence-electron chi connectivity index (χ3n) is 7.43. The normalized spacial score (nSPS) is 45.4. The van der Waals surface area contributed by atoms with E-state index in [0.717, 1.165) is 0 Å². The number of rotatable bonds is 3. The first kappa shape index (κ1) is 21.1. The van der Waals surface area contributed by atoms with E-state index < -0.39 is 24.0 Å². The Balaban J connectivity index is 1.91. The summed E-state index contributed by atoms with van der Waals surface area (Å²) in [7, 11) is 0. The minimum absolute atomic E-state index is 0.00469. The first-order valence-corrected chi connectivity index (χ1v) is 10.4. The number of imide groups is 1. The number of fused-ring (bicyclic) bond motifs is 1. The molecule has 2 saturated carbocycles. The maximum atomic E-state index is 12.0. The summed E-state index contributed by atoms with van der Waals surface area (Å²) in [6.07, 6.45) is -0.197. The molecule has 0 aromatic carbocycles. The number of nitrogens with one attached hydrogen (secondary N) is 1. The van der Waals surface area contributed by atoms with Gasteiger partial charge in [0.2, 0.25) is 11.8 Å². The van der Waals surface area contributed by atoms with Gasteiger partial charge in [0.15, 0.2) is 0 Å². The third kappa shape index (κ3) is 3.35. The van der Waals surface area contributed by atoms with E-state index in [1.165, 1.54) is 0 Å². The van der Waals surface area contributed by atoms with E-state index in [1.54, 1.807) is 0 Å². The summed E-state index contributed by atoms with van der Waals surface area (Å²) in [5, 5.41) is 23.2. The monoisotopic (exact) mass is 417 g/mol. The summed E-state index contributed by atoms with van der Waals surface area (Å²) < 4.78 is 0. The van der Waals surface area contributed by atoms with Crippen LogP contribution in [0.25, 0.3) is 0 Å². The molecule has 3 fully saturated rings. The lowest BCUT2D eigenvalue weighted by Crippen LogP contribution is -2.59. The Morgan fingerprint density at radius 3 is 2.48 bits per heavy atom. The van der Waals surface area contributed by atoms with E-state index in [4.69, 9.17) is 23.2 Å². The van der Waals surface area contributed by atoms with E-state index >= 15 is 0 Å². The molecule has 0 radical (unpaired) electrons. The van der Waals surface area contributed by atoms with Crippen molar-refractivity contribution < 1.29 is 19.8 Å². The molecule has 1 aliphatic heterocycles. The van der Waals surface area contributed by atoms with Crippen molar-refractivity contribution in [1.82, 2.24) is 5.32 Å². The summed E-state index contributed by atoms with van der Waals surface area (Å²) >= 11 is 13.3. The largest absolute Gasteiger partial charge is 0.392 e. The summed E-state index contributed by atoms with van der Waals surface area (Å²) in [6, 6.07) is 0. The van der Waals surface area contributed by atoms with Crippen LogP contribution in [-0.4, -0.2) is 45.0 Å². The van der Waals surface area contributed by atoms with Crippen molar-refractivity contribution in [2.24, 2.45) is 28.6 Å². The van der Waals surface area contributed by atoms with E-state index in [1.807, 2.05) is 0 Å². The van der Waals surface area contributed by atoms with Crippen LogP contribution in [-0.2, 0) is 9.59 Å². The molecule has 2 amide bonds. The second-order valence-electron chi connectivity index (χ2n) is 9.41. The molecular weight excluding hydrogens is 389 g/mol. The third-order valence-corrected chi connectivity index (χ3v) is 8.84. The fraction of sp³-hybridized carbons (Fsp3) is 0.800. The Labute approximate surface area is 170 Å². The number of hydrogen-bond acceptors (Lipinski definition) is 4. The molecule has 8 atom stereocenters. The Hall–Kier alpha value is -0.620. The van der Waals surface area contributed by atoms with Crippen LogP contribution in [0.5, 0.6) is 0 Å². The van der Waals surface area contributed by atoms with Crippen molar-refractivity contribution in [2.75, 3.05) is 0 Å². The Bertz CT molecular complexity index is 666. The molecular formula is C20H29Cl2NO4. The smallest absolute Gasteiger partial charge is 0.232 e. The predicted molar refractivity (Wildman–Crippen MR) is 104 cm³/mol. The fourth-order valence-corrected chi connectivity index (χ4v) is 6.77. The van der Waals surface area contributed by atoms with Crippen LogP contribution >= 0.6 is 23.2 Å². The Morgan fingerprint density at radius 2 is 1.93 bits per heavy atom. The lowest BCUT2D eigenvalue weighted by atomic mass is 9.46. The molecule has 5 nitrogen and oxygen atoms in total. The van der Waals surface area contributed by atoms with Gasteiger partial charge in [-0.15, -0.1) is 23.2 Å². The molecule has 0 bridgehead atoms. The highest BCUT2D eigenvalue weighted by Gasteiger charge is 2.60. The maximum Gasteiger partial charge on any atom is 0.232 e. The van der Waals surface area contributed by atoms with Crippen molar-refractivity contribution in [3.8, 4) is 0 Å². The quantitative estimate of drug-likeness (QED) is 0.374. The highest BCUT2D eigenvalue weighted by atomic mass is 35.5. The summed E-state index contributed by atoms with van der Waals surface area (Å²) in [5.74, 6) is -1.67. The van der Waals surface area contributed by atoms with Gasteiger partial charge in [0.1, 0.15) is 0 Å². The lowest BCUT2D eigenvalue weighted by Gasteiger charge is -2.61. The number of aliphatic hydroxyl groups is 2. The zero-order chi connectivity index (χ0) is 20.3. The van der Waals surface area contributed by atoms with Gasteiger partial charge in [-0.3, -0.25) is 14.9 Å². The summed E-state index contributed by atoms with van der Waals surface area (Å²) in [5.41, 5.74) is 0.0646. The molecule has 3 rings (SSSR count). The average Bonchev–Trinajstić information content (AvgIpc) is 2.91. The number of amides is 2. The minimum Gasteiger partial charge on any atom is -0.392 e. The van der Waals surface area contributed by atoms with E-state index in [-0.39, 0.29) is 52.2 Å². The molecule has 3 N–H and O–H groups in total. The van der Waals surface area contributed by atoms with Crippen LogP contribution in [0.15, 0.2) is 12.2 Å². The summed E-state index contributed by atoms with van der Waals surface area (Å²) in [6.45, 7) is 10.4. The van der Waals surface area contributed by atoms with Gasteiger partial charge in [0, 0.05) is 6.42 Å². The van der Waals surface area contributed by atoms with Gasteiger partial charge >= 0.3 is 0 Å². The molecule has 0 aromatic heterocycles.